The fourth-order valence-electron chi connectivity index (χ4n) is 2.51. The van der Waals surface area contributed by atoms with Gasteiger partial charge in [-0.3, -0.25) is 9.59 Å². The van der Waals surface area contributed by atoms with Crippen LogP contribution in [0, 0.1) is 0 Å². The van der Waals surface area contributed by atoms with Crippen LogP contribution >= 0.6 is 27.5 Å². The molecule has 0 aliphatic rings. The highest BCUT2D eigenvalue weighted by molar-refractivity contribution is 9.10. The Morgan fingerprint density at radius 2 is 1.69 bits per heavy atom. The second kappa shape index (κ2) is 11.2. The lowest BCUT2D eigenvalue weighted by atomic mass is 10.2. The number of nitrogens with one attached hydrogen (secondary N) is 2. The summed E-state index contributed by atoms with van der Waals surface area (Å²) in [6.07, 6.45) is 1.43. The van der Waals surface area contributed by atoms with Crippen molar-refractivity contribution < 1.29 is 19.1 Å². The molecule has 0 bridgehead atoms. The minimum atomic E-state index is -0.522. The number of halogens is 2. The number of carbonyl (C=O) groups is 3. The van der Waals surface area contributed by atoms with Gasteiger partial charge in [0.15, 0.2) is 0 Å². The van der Waals surface area contributed by atoms with Crippen LogP contribution in [-0.4, -0.2) is 30.5 Å². The van der Waals surface area contributed by atoms with Crippen LogP contribution in [0.2, 0.25) is 5.02 Å². The number of hydrogen-bond donors (Lipinski definition) is 2. The summed E-state index contributed by atoms with van der Waals surface area (Å²) in [6.45, 7) is -0.221. The number of nitrogens with zero attached hydrogens (tertiary/aromatic N) is 1. The Bertz CT molecular complexity index is 1170. The van der Waals surface area contributed by atoms with Crippen molar-refractivity contribution in [3.05, 3.63) is 99.0 Å². The van der Waals surface area contributed by atoms with Crippen molar-refractivity contribution in [1.82, 2.24) is 10.7 Å². The molecule has 7 nitrogen and oxygen atoms in total. The van der Waals surface area contributed by atoms with Crippen molar-refractivity contribution in [3.8, 4) is 5.75 Å². The quantitative estimate of drug-likeness (QED) is 0.214. The largest absolute Gasteiger partial charge is 0.423 e. The number of esters is 1. The van der Waals surface area contributed by atoms with Crippen molar-refractivity contribution >= 4 is 51.5 Å². The minimum Gasteiger partial charge on any atom is -0.423 e. The molecule has 2 N–H and O–H groups in total. The molecule has 0 radical (unpaired) electrons. The fourth-order valence-corrected chi connectivity index (χ4v) is 3.10. The van der Waals surface area contributed by atoms with Crippen LogP contribution in [0.15, 0.2) is 82.4 Å². The van der Waals surface area contributed by atoms with Crippen LogP contribution in [0.25, 0.3) is 0 Å². The van der Waals surface area contributed by atoms with Gasteiger partial charge in [-0.15, -0.1) is 0 Å². The number of hydrogen-bond acceptors (Lipinski definition) is 5. The summed E-state index contributed by atoms with van der Waals surface area (Å²) in [7, 11) is 0. The lowest BCUT2D eigenvalue weighted by Crippen LogP contribution is -2.34. The Balaban J connectivity index is 1.45. The number of rotatable bonds is 7. The predicted molar refractivity (Wildman–Crippen MR) is 125 cm³/mol. The van der Waals surface area contributed by atoms with Crippen molar-refractivity contribution in [2.75, 3.05) is 6.54 Å². The van der Waals surface area contributed by atoms with E-state index in [-0.39, 0.29) is 12.5 Å². The summed E-state index contributed by atoms with van der Waals surface area (Å²) in [5.74, 6) is -1.01. The number of amides is 2. The standard InChI is InChI=1S/C23H17BrClN3O4/c24-18-5-1-3-16(11-18)22(30)26-14-21(29)28-27-13-15-7-9-20(10-8-15)32-23(31)17-4-2-6-19(25)12-17/h1-13H,14H2,(H,26,30)(H,28,29)/b27-13+. The number of hydrazone groups is 1. The van der Waals surface area contributed by atoms with Crippen molar-refractivity contribution in [2.24, 2.45) is 5.10 Å². The maximum absolute atomic E-state index is 12.1. The molecule has 32 heavy (non-hydrogen) atoms. The number of benzene rings is 3. The van der Waals surface area contributed by atoms with E-state index >= 15 is 0 Å². The highest BCUT2D eigenvalue weighted by Gasteiger charge is 2.09. The first-order chi connectivity index (χ1) is 15.4. The van der Waals surface area contributed by atoms with E-state index in [1.54, 1.807) is 66.7 Å². The van der Waals surface area contributed by atoms with Crippen molar-refractivity contribution in [2.45, 2.75) is 0 Å². The van der Waals surface area contributed by atoms with E-state index in [1.807, 2.05) is 0 Å². The smallest absolute Gasteiger partial charge is 0.343 e. The normalized spacial score (nSPS) is 10.6. The SMILES string of the molecule is O=C(CNC(=O)c1cccc(Br)c1)N/N=C/c1ccc(OC(=O)c2cccc(Cl)c2)cc1. The molecule has 162 valence electrons. The third kappa shape index (κ3) is 7.04. The molecule has 0 atom stereocenters. The van der Waals surface area contributed by atoms with E-state index in [1.165, 1.54) is 12.3 Å². The van der Waals surface area contributed by atoms with Gasteiger partial charge in [0.25, 0.3) is 11.8 Å². The molecule has 3 rings (SSSR count). The zero-order chi connectivity index (χ0) is 22.9. The molecule has 0 heterocycles. The fraction of sp³-hybridized carbons (Fsp3) is 0.0435. The molecule has 0 aliphatic heterocycles. The van der Waals surface area contributed by atoms with Gasteiger partial charge in [0, 0.05) is 15.1 Å². The first-order valence-electron chi connectivity index (χ1n) is 9.34. The first kappa shape index (κ1) is 23.2. The molecule has 0 saturated carbocycles. The van der Waals surface area contributed by atoms with Gasteiger partial charge in [0.05, 0.1) is 18.3 Å². The molecule has 3 aromatic rings. The molecule has 0 unspecified atom stereocenters. The Morgan fingerprint density at radius 3 is 2.41 bits per heavy atom. The van der Waals surface area contributed by atoms with E-state index < -0.39 is 11.9 Å². The predicted octanol–water partition coefficient (Wildman–Crippen LogP) is 4.20. The lowest BCUT2D eigenvalue weighted by Gasteiger charge is -2.05. The van der Waals surface area contributed by atoms with E-state index in [4.69, 9.17) is 16.3 Å². The van der Waals surface area contributed by atoms with Gasteiger partial charge in [0.1, 0.15) is 5.75 Å². The summed E-state index contributed by atoms with van der Waals surface area (Å²) in [4.78, 5) is 36.0. The summed E-state index contributed by atoms with van der Waals surface area (Å²) in [5.41, 5.74) is 3.79. The van der Waals surface area contributed by atoms with Gasteiger partial charge >= 0.3 is 5.97 Å². The van der Waals surface area contributed by atoms with E-state index in [0.717, 1.165) is 4.47 Å². The molecule has 9 heteroatoms. The second-order valence-electron chi connectivity index (χ2n) is 6.46. The Kier molecular flexibility index (Phi) is 8.13. The molecular weight excluding hydrogens is 498 g/mol. The van der Waals surface area contributed by atoms with Gasteiger partial charge in [-0.1, -0.05) is 39.7 Å². The van der Waals surface area contributed by atoms with Gasteiger partial charge in [-0.05, 0) is 66.2 Å². The van der Waals surface area contributed by atoms with E-state index in [0.29, 0.717) is 27.5 Å². The molecule has 3 aromatic carbocycles. The highest BCUT2D eigenvalue weighted by Crippen LogP contribution is 2.16. The summed E-state index contributed by atoms with van der Waals surface area (Å²) >= 11 is 9.17. The molecule has 0 aliphatic carbocycles. The van der Waals surface area contributed by atoms with Crippen LogP contribution in [0.5, 0.6) is 5.75 Å². The first-order valence-corrected chi connectivity index (χ1v) is 10.5. The zero-order valence-electron chi connectivity index (χ0n) is 16.5. The molecular formula is C23H17BrClN3O4. The topological polar surface area (TPSA) is 96.9 Å². The van der Waals surface area contributed by atoms with Crippen LogP contribution in [0.3, 0.4) is 0 Å². The maximum atomic E-state index is 12.1. The highest BCUT2D eigenvalue weighted by atomic mass is 79.9. The van der Waals surface area contributed by atoms with Gasteiger partial charge < -0.3 is 10.1 Å². The van der Waals surface area contributed by atoms with Gasteiger partial charge in [-0.2, -0.15) is 5.10 Å². The second-order valence-corrected chi connectivity index (χ2v) is 7.81. The monoisotopic (exact) mass is 513 g/mol. The molecule has 0 spiro atoms. The Morgan fingerprint density at radius 1 is 0.969 bits per heavy atom. The average molecular weight is 515 g/mol. The summed E-state index contributed by atoms with van der Waals surface area (Å²) in [5, 5.41) is 6.81. The minimum absolute atomic E-state index is 0.221. The third-order valence-electron chi connectivity index (χ3n) is 4.05. The van der Waals surface area contributed by atoms with Crippen molar-refractivity contribution in [1.29, 1.82) is 0 Å². The van der Waals surface area contributed by atoms with Gasteiger partial charge in [0.2, 0.25) is 0 Å². The van der Waals surface area contributed by atoms with E-state index in [9.17, 15) is 14.4 Å². The van der Waals surface area contributed by atoms with Crippen LogP contribution in [0.1, 0.15) is 26.3 Å². The van der Waals surface area contributed by atoms with Crippen LogP contribution < -0.4 is 15.5 Å². The van der Waals surface area contributed by atoms with Crippen molar-refractivity contribution in [3.63, 3.8) is 0 Å². The number of carbonyl (C=O) groups excluding carboxylic acids is 3. The zero-order valence-corrected chi connectivity index (χ0v) is 18.9. The van der Waals surface area contributed by atoms with Gasteiger partial charge in [-0.25, -0.2) is 10.2 Å². The average Bonchev–Trinajstić information content (AvgIpc) is 2.78. The Labute approximate surface area is 197 Å². The van der Waals surface area contributed by atoms with Crippen LogP contribution in [-0.2, 0) is 4.79 Å². The molecule has 0 aromatic heterocycles. The van der Waals surface area contributed by atoms with Crippen LogP contribution in [0.4, 0.5) is 0 Å². The maximum Gasteiger partial charge on any atom is 0.343 e. The molecule has 0 fully saturated rings. The summed E-state index contributed by atoms with van der Waals surface area (Å²) in [6, 6.07) is 19.8. The number of ether oxygens (including phenoxy) is 1. The Hall–Kier alpha value is -3.49. The summed E-state index contributed by atoms with van der Waals surface area (Å²) < 4.78 is 6.06. The third-order valence-corrected chi connectivity index (χ3v) is 4.78. The van der Waals surface area contributed by atoms with E-state index in [2.05, 4.69) is 31.8 Å². The molecule has 0 saturated heterocycles. The molecule has 2 amide bonds. The lowest BCUT2D eigenvalue weighted by molar-refractivity contribution is -0.120.